The Morgan fingerprint density at radius 3 is 2.48 bits per heavy atom. The topological polar surface area (TPSA) is 38.3 Å². The lowest BCUT2D eigenvalue weighted by Gasteiger charge is -2.07. The van der Waals surface area contributed by atoms with Gasteiger partial charge in [0.05, 0.1) is 12.4 Å². The van der Waals surface area contributed by atoms with Gasteiger partial charge in [-0.05, 0) is 36.8 Å². The summed E-state index contributed by atoms with van der Waals surface area (Å²) in [7, 11) is 0. The number of thioether (sulfide) groups is 1. The predicted octanol–water partition coefficient (Wildman–Crippen LogP) is 3.49. The summed E-state index contributed by atoms with van der Waals surface area (Å²) in [4.78, 5) is 12.9. The molecule has 3 nitrogen and oxygen atoms in total. The number of benzene rings is 2. The van der Waals surface area contributed by atoms with Gasteiger partial charge in [0.25, 0.3) is 0 Å². The number of hydrogen-bond donors (Lipinski definition) is 1. The summed E-state index contributed by atoms with van der Waals surface area (Å²) < 4.78 is 5.38. The first-order chi connectivity index (χ1) is 10.3. The van der Waals surface area contributed by atoms with Crippen LogP contribution < -0.4 is 10.1 Å². The summed E-state index contributed by atoms with van der Waals surface area (Å²) in [5.41, 5.74) is 1.07. The van der Waals surface area contributed by atoms with Gasteiger partial charge in [-0.25, -0.2) is 0 Å². The second-order valence-electron chi connectivity index (χ2n) is 4.46. The zero-order valence-corrected chi connectivity index (χ0v) is 12.9. The summed E-state index contributed by atoms with van der Waals surface area (Å²) >= 11 is 1.54. The normalized spacial score (nSPS) is 10.1. The first kappa shape index (κ1) is 15.4. The molecule has 1 amide bonds. The zero-order valence-electron chi connectivity index (χ0n) is 12.0. The summed E-state index contributed by atoms with van der Waals surface area (Å²) in [5, 5.41) is 2.92. The maximum atomic E-state index is 11.8. The molecule has 4 heteroatoms. The van der Waals surface area contributed by atoms with Crippen molar-refractivity contribution in [3.63, 3.8) is 0 Å². The maximum absolute atomic E-state index is 11.8. The van der Waals surface area contributed by atoms with Crippen LogP contribution >= 0.6 is 11.8 Å². The molecule has 0 radical (unpaired) electrons. The SMILES string of the molecule is CCOc1ccc(CNC(=O)CSc2ccccc2)cc1. The van der Waals surface area contributed by atoms with E-state index in [0.29, 0.717) is 18.9 Å². The Bertz CT molecular complexity index is 555. The zero-order chi connectivity index (χ0) is 14.9. The third kappa shape index (κ3) is 5.52. The lowest BCUT2D eigenvalue weighted by molar-refractivity contribution is -0.118. The van der Waals surface area contributed by atoms with E-state index in [4.69, 9.17) is 4.74 Å². The van der Waals surface area contributed by atoms with Crippen molar-refractivity contribution in [2.45, 2.75) is 18.4 Å². The molecule has 0 aliphatic rings. The van der Waals surface area contributed by atoms with E-state index < -0.39 is 0 Å². The molecule has 0 fully saturated rings. The van der Waals surface area contributed by atoms with Gasteiger partial charge >= 0.3 is 0 Å². The standard InChI is InChI=1S/C17H19NO2S/c1-2-20-15-10-8-14(9-11-15)12-18-17(19)13-21-16-6-4-3-5-7-16/h3-11H,2,12-13H2,1H3,(H,18,19). The molecule has 0 saturated carbocycles. The Morgan fingerprint density at radius 2 is 1.81 bits per heavy atom. The van der Waals surface area contributed by atoms with Crippen LogP contribution in [0.1, 0.15) is 12.5 Å². The number of carbonyl (C=O) groups is 1. The fourth-order valence-corrected chi connectivity index (χ4v) is 2.54. The Labute approximate surface area is 129 Å². The Hall–Kier alpha value is -1.94. The van der Waals surface area contributed by atoms with Crippen molar-refractivity contribution in [3.8, 4) is 5.75 Å². The van der Waals surface area contributed by atoms with Crippen molar-refractivity contribution < 1.29 is 9.53 Å². The number of rotatable bonds is 7. The minimum atomic E-state index is 0.0396. The molecule has 21 heavy (non-hydrogen) atoms. The molecule has 0 saturated heterocycles. The Morgan fingerprint density at radius 1 is 1.10 bits per heavy atom. The van der Waals surface area contributed by atoms with Gasteiger partial charge in [-0.15, -0.1) is 11.8 Å². The highest BCUT2D eigenvalue weighted by Crippen LogP contribution is 2.16. The van der Waals surface area contributed by atoms with Crippen LogP contribution in [-0.4, -0.2) is 18.3 Å². The summed E-state index contributed by atoms with van der Waals surface area (Å²) in [6, 6.07) is 17.7. The summed E-state index contributed by atoms with van der Waals surface area (Å²) in [6.45, 7) is 3.16. The molecule has 0 spiro atoms. The van der Waals surface area contributed by atoms with Crippen LogP contribution in [0, 0.1) is 0 Å². The molecule has 0 heterocycles. The lowest BCUT2D eigenvalue weighted by Crippen LogP contribution is -2.24. The largest absolute Gasteiger partial charge is 0.494 e. The van der Waals surface area contributed by atoms with E-state index in [9.17, 15) is 4.79 Å². The second-order valence-corrected chi connectivity index (χ2v) is 5.50. The third-order valence-corrected chi connectivity index (χ3v) is 3.85. The smallest absolute Gasteiger partial charge is 0.230 e. The molecule has 0 atom stereocenters. The van der Waals surface area contributed by atoms with Gasteiger partial charge in [0.1, 0.15) is 5.75 Å². The average Bonchev–Trinajstić information content (AvgIpc) is 2.53. The Kier molecular flexibility index (Phi) is 6.16. The molecule has 2 aromatic carbocycles. The van der Waals surface area contributed by atoms with Gasteiger partial charge in [0.2, 0.25) is 5.91 Å². The lowest BCUT2D eigenvalue weighted by atomic mass is 10.2. The van der Waals surface area contributed by atoms with E-state index in [1.54, 1.807) is 11.8 Å². The van der Waals surface area contributed by atoms with Crippen LogP contribution in [0.3, 0.4) is 0 Å². The van der Waals surface area contributed by atoms with E-state index in [2.05, 4.69) is 5.32 Å². The van der Waals surface area contributed by atoms with Gasteiger partial charge in [0.15, 0.2) is 0 Å². The quantitative estimate of drug-likeness (QED) is 0.796. The fraction of sp³-hybridized carbons (Fsp3) is 0.235. The van der Waals surface area contributed by atoms with Crippen LogP contribution in [0.15, 0.2) is 59.5 Å². The highest BCUT2D eigenvalue weighted by Gasteiger charge is 2.03. The van der Waals surface area contributed by atoms with E-state index in [1.165, 1.54) is 0 Å². The van der Waals surface area contributed by atoms with Crippen molar-refractivity contribution >= 4 is 17.7 Å². The van der Waals surface area contributed by atoms with E-state index in [0.717, 1.165) is 16.2 Å². The van der Waals surface area contributed by atoms with Crippen LogP contribution in [0.5, 0.6) is 5.75 Å². The van der Waals surface area contributed by atoms with Gasteiger partial charge in [-0.1, -0.05) is 30.3 Å². The molecule has 2 aromatic rings. The number of hydrogen-bond acceptors (Lipinski definition) is 3. The van der Waals surface area contributed by atoms with Crippen LogP contribution in [0.2, 0.25) is 0 Å². The van der Waals surface area contributed by atoms with Gasteiger partial charge < -0.3 is 10.1 Å². The minimum Gasteiger partial charge on any atom is -0.494 e. The highest BCUT2D eigenvalue weighted by atomic mass is 32.2. The molecule has 0 unspecified atom stereocenters. The second kappa shape index (κ2) is 8.37. The molecule has 0 aliphatic heterocycles. The first-order valence-electron chi connectivity index (χ1n) is 6.94. The molecule has 0 aromatic heterocycles. The molecular formula is C17H19NO2S. The maximum Gasteiger partial charge on any atom is 0.230 e. The minimum absolute atomic E-state index is 0.0396. The highest BCUT2D eigenvalue weighted by molar-refractivity contribution is 8.00. The Balaban J connectivity index is 1.73. The fourth-order valence-electron chi connectivity index (χ4n) is 1.79. The van der Waals surface area contributed by atoms with Gasteiger partial charge in [-0.2, -0.15) is 0 Å². The third-order valence-electron chi connectivity index (χ3n) is 2.84. The van der Waals surface area contributed by atoms with E-state index in [-0.39, 0.29) is 5.91 Å². The molecule has 0 bridgehead atoms. The average molecular weight is 301 g/mol. The van der Waals surface area contributed by atoms with Crippen molar-refractivity contribution in [2.75, 3.05) is 12.4 Å². The molecule has 110 valence electrons. The molecule has 0 aliphatic carbocycles. The van der Waals surface area contributed by atoms with Gasteiger partial charge in [0, 0.05) is 11.4 Å². The molecule has 1 N–H and O–H groups in total. The van der Waals surface area contributed by atoms with E-state index in [1.807, 2.05) is 61.5 Å². The molecule has 2 rings (SSSR count). The summed E-state index contributed by atoms with van der Waals surface area (Å²) in [5.74, 6) is 1.33. The van der Waals surface area contributed by atoms with Crippen LogP contribution in [0.25, 0.3) is 0 Å². The van der Waals surface area contributed by atoms with Crippen molar-refractivity contribution in [2.24, 2.45) is 0 Å². The number of ether oxygens (including phenoxy) is 1. The van der Waals surface area contributed by atoms with Crippen molar-refractivity contribution in [1.82, 2.24) is 5.32 Å². The number of amides is 1. The molecular weight excluding hydrogens is 282 g/mol. The number of nitrogens with one attached hydrogen (secondary N) is 1. The monoisotopic (exact) mass is 301 g/mol. The number of carbonyl (C=O) groups excluding carboxylic acids is 1. The van der Waals surface area contributed by atoms with E-state index >= 15 is 0 Å². The van der Waals surface area contributed by atoms with Crippen LogP contribution in [-0.2, 0) is 11.3 Å². The van der Waals surface area contributed by atoms with Crippen LogP contribution in [0.4, 0.5) is 0 Å². The first-order valence-corrected chi connectivity index (χ1v) is 7.93. The van der Waals surface area contributed by atoms with Gasteiger partial charge in [-0.3, -0.25) is 4.79 Å². The van der Waals surface area contributed by atoms with Crippen molar-refractivity contribution in [1.29, 1.82) is 0 Å². The summed E-state index contributed by atoms with van der Waals surface area (Å²) in [6.07, 6.45) is 0. The van der Waals surface area contributed by atoms with Crippen molar-refractivity contribution in [3.05, 3.63) is 60.2 Å². The predicted molar refractivity (Wildman–Crippen MR) is 86.6 cm³/mol.